The van der Waals surface area contributed by atoms with Crippen LogP contribution < -0.4 is 4.74 Å². The van der Waals surface area contributed by atoms with Crippen molar-refractivity contribution in [3.63, 3.8) is 0 Å². The molecule has 4 atom stereocenters. The van der Waals surface area contributed by atoms with Gasteiger partial charge in [-0.15, -0.1) is 4.91 Å². The fourth-order valence-electron chi connectivity index (χ4n) is 5.02. The van der Waals surface area contributed by atoms with Gasteiger partial charge in [0.05, 0.1) is 11.1 Å². The highest BCUT2D eigenvalue weighted by atomic mass is 16.6. The summed E-state index contributed by atoms with van der Waals surface area (Å²) in [5.41, 5.74) is -1.07. The predicted octanol–water partition coefficient (Wildman–Crippen LogP) is 3.03. The van der Waals surface area contributed by atoms with Gasteiger partial charge in [0, 0.05) is 36.0 Å². The number of benzene rings is 2. The SMILES string of the molecule is O=NC1=CC([C@H]2Oc3cc(O)cc(O)c3C[C@H]2OC(=O)c2cc(O)c(O)c(O)c2)C2C=CC=C(O)C(=O)C2=C1O. The summed E-state index contributed by atoms with van der Waals surface area (Å²) < 4.78 is 11.7. The van der Waals surface area contributed by atoms with E-state index in [9.17, 15) is 50.2 Å². The molecule has 5 rings (SSSR count). The van der Waals surface area contributed by atoms with Crippen LogP contribution in [-0.2, 0) is 16.0 Å². The standard InChI is InChI=1S/C27H21NO12/c29-11-6-17(31)14-9-21(40-27(37)10-4-18(32)24(35)19(33)5-10)26(39-20(14)7-11)13-8-15(28-38)23(34)22-12(13)2-1-3-16(30)25(22)36/h1-8,12-13,21,26,29-35H,9H2/t12?,13?,21-,26-/m1/s1. The number of esters is 1. The molecule has 0 radical (unpaired) electrons. The summed E-state index contributed by atoms with van der Waals surface area (Å²) in [5.74, 6) is -8.69. The zero-order valence-corrected chi connectivity index (χ0v) is 20.3. The molecule has 2 unspecified atom stereocenters. The topological polar surface area (TPSA) is 224 Å². The van der Waals surface area contributed by atoms with E-state index in [-0.39, 0.29) is 40.4 Å². The first-order chi connectivity index (χ1) is 19.0. The average Bonchev–Trinajstić information content (AvgIpc) is 3.05. The molecule has 0 fully saturated rings. The van der Waals surface area contributed by atoms with Gasteiger partial charge in [0.1, 0.15) is 35.2 Å². The van der Waals surface area contributed by atoms with Crippen LogP contribution in [0.4, 0.5) is 0 Å². The highest BCUT2D eigenvalue weighted by Gasteiger charge is 2.47. The van der Waals surface area contributed by atoms with Gasteiger partial charge < -0.3 is 45.2 Å². The summed E-state index contributed by atoms with van der Waals surface area (Å²) in [4.78, 5) is 37.6. The second-order valence-corrected chi connectivity index (χ2v) is 9.31. The molecule has 0 saturated carbocycles. The number of phenols is 5. The van der Waals surface area contributed by atoms with E-state index in [4.69, 9.17) is 9.47 Å². The quantitative estimate of drug-likeness (QED) is 0.165. The number of hydrogen-bond acceptors (Lipinski definition) is 13. The van der Waals surface area contributed by atoms with Gasteiger partial charge in [-0.05, 0) is 29.5 Å². The number of ether oxygens (including phenoxy) is 2. The first-order valence-electron chi connectivity index (χ1n) is 11.8. The Morgan fingerprint density at radius 1 is 0.975 bits per heavy atom. The Kier molecular flexibility index (Phi) is 6.34. The Morgan fingerprint density at radius 3 is 2.35 bits per heavy atom. The maximum absolute atomic E-state index is 13.1. The number of allylic oxidation sites excluding steroid dienone is 4. The Hall–Kier alpha value is -5.46. The minimum absolute atomic E-state index is 0.00830. The zero-order valence-electron chi connectivity index (χ0n) is 20.3. The maximum Gasteiger partial charge on any atom is 0.338 e. The lowest BCUT2D eigenvalue weighted by Crippen LogP contribution is -2.48. The zero-order chi connectivity index (χ0) is 28.9. The van der Waals surface area contributed by atoms with Gasteiger partial charge in [-0.3, -0.25) is 4.79 Å². The van der Waals surface area contributed by atoms with E-state index in [0.29, 0.717) is 0 Å². The third-order valence-electron chi connectivity index (χ3n) is 6.89. The van der Waals surface area contributed by atoms with Gasteiger partial charge in [0.15, 0.2) is 28.8 Å². The van der Waals surface area contributed by atoms with Gasteiger partial charge in [0.25, 0.3) is 0 Å². The molecule has 0 saturated heterocycles. The van der Waals surface area contributed by atoms with E-state index < -0.39 is 70.3 Å². The molecule has 13 heteroatoms. The van der Waals surface area contributed by atoms with E-state index in [2.05, 4.69) is 5.18 Å². The number of carbonyl (C=O) groups excluding carboxylic acids is 2. The van der Waals surface area contributed by atoms with Crippen LogP contribution in [0.2, 0.25) is 0 Å². The number of aliphatic hydroxyl groups is 2. The van der Waals surface area contributed by atoms with E-state index in [0.717, 1.165) is 24.3 Å². The Labute approximate surface area is 224 Å². The molecule has 13 nitrogen and oxygen atoms in total. The number of nitrogens with zero attached hydrogens (tertiary/aromatic N) is 1. The smallest absolute Gasteiger partial charge is 0.338 e. The van der Waals surface area contributed by atoms with Gasteiger partial charge in [-0.1, -0.05) is 12.2 Å². The number of Topliss-reactive ketones (excluding diaryl/α,β-unsaturated/α-hetero) is 1. The second-order valence-electron chi connectivity index (χ2n) is 9.31. The van der Waals surface area contributed by atoms with Crippen molar-refractivity contribution in [3.05, 3.63) is 87.4 Å². The van der Waals surface area contributed by atoms with E-state index in [1.807, 2.05) is 0 Å². The van der Waals surface area contributed by atoms with E-state index in [1.54, 1.807) is 0 Å². The molecule has 3 aliphatic rings. The third kappa shape index (κ3) is 4.32. The molecule has 0 spiro atoms. The summed E-state index contributed by atoms with van der Waals surface area (Å²) in [5, 5.41) is 73.2. The molecule has 0 bridgehead atoms. The van der Waals surface area contributed by atoms with Crippen LogP contribution in [0.3, 0.4) is 0 Å². The van der Waals surface area contributed by atoms with Crippen molar-refractivity contribution in [1.29, 1.82) is 0 Å². The Morgan fingerprint density at radius 2 is 1.68 bits per heavy atom. The van der Waals surface area contributed by atoms with E-state index >= 15 is 0 Å². The first-order valence-corrected chi connectivity index (χ1v) is 11.8. The first kappa shape index (κ1) is 26.2. The monoisotopic (exact) mass is 551 g/mol. The molecule has 1 heterocycles. The van der Waals surface area contributed by atoms with Crippen molar-refractivity contribution < 1.29 is 54.8 Å². The summed E-state index contributed by atoms with van der Waals surface area (Å²) in [6.07, 6.45) is 2.44. The number of aliphatic hydroxyl groups excluding tert-OH is 2. The summed E-state index contributed by atoms with van der Waals surface area (Å²) in [7, 11) is 0. The number of aromatic hydroxyl groups is 5. The van der Waals surface area contributed by atoms with Crippen LogP contribution in [-0.4, -0.2) is 59.7 Å². The highest BCUT2D eigenvalue weighted by molar-refractivity contribution is 6.08. The van der Waals surface area contributed by atoms with E-state index in [1.165, 1.54) is 24.3 Å². The molecule has 206 valence electrons. The number of nitroso groups, excluding NO2 is 1. The van der Waals surface area contributed by atoms with Gasteiger partial charge in [-0.25, -0.2) is 4.79 Å². The van der Waals surface area contributed by atoms with Crippen LogP contribution in [0, 0.1) is 16.7 Å². The van der Waals surface area contributed by atoms with Crippen molar-refractivity contribution in [2.24, 2.45) is 17.0 Å². The van der Waals surface area contributed by atoms with Crippen molar-refractivity contribution >= 4 is 11.8 Å². The maximum atomic E-state index is 13.1. The number of carbonyl (C=O) groups is 2. The van der Waals surface area contributed by atoms with Crippen molar-refractivity contribution in [2.75, 3.05) is 0 Å². The van der Waals surface area contributed by atoms with Crippen LogP contribution >= 0.6 is 0 Å². The lowest BCUT2D eigenvalue weighted by Gasteiger charge is -2.40. The molecule has 2 aromatic carbocycles. The average molecular weight is 551 g/mol. The van der Waals surface area contributed by atoms with Crippen molar-refractivity contribution in [1.82, 2.24) is 0 Å². The largest absolute Gasteiger partial charge is 0.508 e. The lowest BCUT2D eigenvalue weighted by atomic mass is 9.73. The number of fused-ring (bicyclic) bond motifs is 2. The second kappa shape index (κ2) is 9.69. The highest BCUT2D eigenvalue weighted by Crippen LogP contribution is 2.46. The molecule has 0 amide bonds. The van der Waals surface area contributed by atoms with Crippen LogP contribution in [0.5, 0.6) is 34.5 Å². The third-order valence-corrected chi connectivity index (χ3v) is 6.89. The molecule has 40 heavy (non-hydrogen) atoms. The van der Waals surface area contributed by atoms with Gasteiger partial charge >= 0.3 is 5.97 Å². The van der Waals surface area contributed by atoms with Crippen LogP contribution in [0.1, 0.15) is 15.9 Å². The van der Waals surface area contributed by atoms with Gasteiger partial charge in [0.2, 0.25) is 5.78 Å². The molecule has 2 aromatic rings. The number of ketones is 1. The summed E-state index contributed by atoms with van der Waals surface area (Å²) in [6, 6.07) is 3.96. The molecule has 2 aliphatic carbocycles. The van der Waals surface area contributed by atoms with Crippen LogP contribution in [0.15, 0.2) is 76.5 Å². The summed E-state index contributed by atoms with van der Waals surface area (Å²) >= 11 is 0. The molecule has 1 aliphatic heterocycles. The Bertz CT molecular complexity index is 1560. The molecular formula is C27H21NO12. The Balaban J connectivity index is 1.60. The fraction of sp³-hybridized carbons (Fsp3) is 0.185. The van der Waals surface area contributed by atoms with Gasteiger partial charge in [-0.2, -0.15) is 0 Å². The predicted molar refractivity (Wildman–Crippen MR) is 134 cm³/mol. The number of phenolic OH excluding ortho intramolecular Hbond substituents is 5. The molecule has 7 N–H and O–H groups in total. The number of rotatable bonds is 4. The molecular weight excluding hydrogens is 530 g/mol. The van der Waals surface area contributed by atoms with Crippen molar-refractivity contribution in [2.45, 2.75) is 18.6 Å². The normalized spacial score (nSPS) is 23.6. The lowest BCUT2D eigenvalue weighted by molar-refractivity contribution is -0.115. The minimum Gasteiger partial charge on any atom is -0.508 e. The minimum atomic E-state index is -1.27. The van der Waals surface area contributed by atoms with Crippen LogP contribution in [0.25, 0.3) is 0 Å². The summed E-state index contributed by atoms with van der Waals surface area (Å²) in [6.45, 7) is 0. The van der Waals surface area contributed by atoms with Crippen molar-refractivity contribution in [3.8, 4) is 34.5 Å². The fourth-order valence-corrected chi connectivity index (χ4v) is 5.02. The number of hydrogen-bond donors (Lipinski definition) is 7. The molecule has 0 aromatic heterocycles.